The molecule has 0 unspecified atom stereocenters. The third-order valence-corrected chi connectivity index (χ3v) is 4.81. The van der Waals surface area contributed by atoms with E-state index < -0.39 is 11.9 Å². The summed E-state index contributed by atoms with van der Waals surface area (Å²) in [5.74, 6) is -0.161. The molecule has 0 saturated heterocycles. The Morgan fingerprint density at radius 1 is 1.00 bits per heavy atom. The zero-order valence-corrected chi connectivity index (χ0v) is 18.5. The van der Waals surface area contributed by atoms with Crippen LogP contribution in [0.5, 0.6) is 0 Å². The van der Waals surface area contributed by atoms with E-state index in [2.05, 4.69) is 4.99 Å². The predicted molar refractivity (Wildman–Crippen MR) is 119 cm³/mol. The Balaban J connectivity index is 2.51. The molecule has 2 N–H and O–H groups in total. The number of hydrogen-bond acceptors (Lipinski definition) is 3. The van der Waals surface area contributed by atoms with Crippen molar-refractivity contribution < 1.29 is 18.0 Å². The highest BCUT2D eigenvalue weighted by molar-refractivity contribution is 6.33. The smallest absolute Gasteiger partial charge is 0.395 e. The number of rotatable bonds is 6. The van der Waals surface area contributed by atoms with Crippen LogP contribution in [0.15, 0.2) is 65.3 Å². The molecule has 2 aromatic rings. The molecule has 166 valence electrons. The summed E-state index contributed by atoms with van der Waals surface area (Å²) in [4.78, 5) is 18.9. The van der Waals surface area contributed by atoms with Gasteiger partial charge in [-0.05, 0) is 58.0 Å². The second-order valence-electron chi connectivity index (χ2n) is 7.52. The van der Waals surface area contributed by atoms with Gasteiger partial charge in [0.25, 0.3) is 5.91 Å². The van der Waals surface area contributed by atoms with E-state index in [0.717, 1.165) is 6.08 Å². The number of amides is 1. The minimum absolute atomic E-state index is 0.000889. The molecular weight excluding hydrogens is 427 g/mol. The van der Waals surface area contributed by atoms with Gasteiger partial charge >= 0.3 is 6.18 Å². The van der Waals surface area contributed by atoms with Crippen LogP contribution in [0.4, 0.5) is 18.9 Å². The maximum Gasteiger partial charge on any atom is 0.430 e. The van der Waals surface area contributed by atoms with Gasteiger partial charge in [-0.2, -0.15) is 13.2 Å². The number of benzene rings is 2. The molecule has 0 aliphatic carbocycles. The standard InChI is InChI=1S/C23H25ClF3N3O/c1-14(2)30(15(3)4)22(31)17-11-9-16(10-12-17)20(13-21(28)23(25,26)27)29-19-8-6-5-7-18(19)24/h5-15H,28H2,1-4H3. The number of allylic oxidation sites excluding steroid dienone is 2. The SMILES string of the molecule is CC(C)N(C(=O)c1ccc(C(C=C(N)C(F)(F)F)=Nc2ccccc2Cl)cc1)C(C)C. The Labute approximate surface area is 185 Å². The van der Waals surface area contributed by atoms with Crippen LogP contribution < -0.4 is 5.73 Å². The first-order valence-electron chi connectivity index (χ1n) is 9.72. The van der Waals surface area contributed by atoms with Crippen LogP contribution in [0.2, 0.25) is 5.02 Å². The second-order valence-corrected chi connectivity index (χ2v) is 7.93. The minimum atomic E-state index is -4.70. The molecule has 0 heterocycles. The van der Waals surface area contributed by atoms with E-state index in [1.54, 1.807) is 53.4 Å². The summed E-state index contributed by atoms with van der Waals surface area (Å²) in [5, 5.41) is 0.287. The van der Waals surface area contributed by atoms with Gasteiger partial charge < -0.3 is 10.6 Å². The van der Waals surface area contributed by atoms with Crippen molar-refractivity contribution in [1.82, 2.24) is 4.90 Å². The summed E-state index contributed by atoms with van der Waals surface area (Å²) in [7, 11) is 0. The Hall–Kier alpha value is -2.80. The van der Waals surface area contributed by atoms with E-state index in [-0.39, 0.29) is 28.7 Å². The molecule has 0 bridgehead atoms. The largest absolute Gasteiger partial charge is 0.430 e. The maximum atomic E-state index is 13.0. The van der Waals surface area contributed by atoms with Crippen LogP contribution in [0.1, 0.15) is 43.6 Å². The van der Waals surface area contributed by atoms with Crippen LogP contribution >= 0.6 is 11.6 Å². The second kappa shape index (κ2) is 10.0. The third-order valence-electron chi connectivity index (χ3n) is 4.49. The van der Waals surface area contributed by atoms with Crippen molar-refractivity contribution in [3.63, 3.8) is 0 Å². The normalized spacial score (nSPS) is 13.1. The summed E-state index contributed by atoms with van der Waals surface area (Å²) in [6, 6.07) is 12.8. The number of para-hydroxylation sites is 1. The maximum absolute atomic E-state index is 13.0. The topological polar surface area (TPSA) is 58.7 Å². The number of carbonyl (C=O) groups is 1. The molecule has 2 aromatic carbocycles. The Morgan fingerprint density at radius 3 is 2.00 bits per heavy atom. The van der Waals surface area contributed by atoms with Gasteiger partial charge in [-0.15, -0.1) is 0 Å². The summed E-state index contributed by atoms with van der Waals surface area (Å²) >= 11 is 6.11. The molecule has 8 heteroatoms. The fraction of sp³-hybridized carbons (Fsp3) is 0.304. The number of hydrogen-bond donors (Lipinski definition) is 1. The van der Waals surface area contributed by atoms with Crippen LogP contribution in [0.3, 0.4) is 0 Å². The van der Waals surface area contributed by atoms with Gasteiger partial charge in [0.05, 0.1) is 16.4 Å². The molecule has 0 spiro atoms. The average molecular weight is 452 g/mol. The van der Waals surface area contributed by atoms with Crippen molar-refractivity contribution in [2.24, 2.45) is 10.7 Å². The molecule has 0 aromatic heterocycles. The Kier molecular flexibility index (Phi) is 7.90. The highest BCUT2D eigenvalue weighted by Crippen LogP contribution is 2.27. The molecule has 2 rings (SSSR count). The summed E-state index contributed by atoms with van der Waals surface area (Å²) in [5.41, 5.74) is 5.01. The van der Waals surface area contributed by atoms with E-state index in [0.29, 0.717) is 16.8 Å². The number of carbonyl (C=O) groups excluding carboxylic acids is 1. The fourth-order valence-corrected chi connectivity index (χ4v) is 3.26. The molecule has 1 amide bonds. The zero-order chi connectivity index (χ0) is 23.3. The van der Waals surface area contributed by atoms with Crippen molar-refractivity contribution in [2.45, 2.75) is 46.0 Å². The number of halogens is 4. The predicted octanol–water partition coefficient (Wildman–Crippen LogP) is 6.12. The summed E-state index contributed by atoms with van der Waals surface area (Å²) in [6.07, 6.45) is -3.94. The number of nitrogens with two attached hydrogens (primary N) is 1. The molecule has 0 saturated carbocycles. The van der Waals surface area contributed by atoms with Crippen LogP contribution in [-0.2, 0) is 0 Å². The van der Waals surface area contributed by atoms with Gasteiger partial charge in [-0.25, -0.2) is 4.99 Å². The van der Waals surface area contributed by atoms with Crippen molar-refractivity contribution >= 4 is 28.9 Å². The van der Waals surface area contributed by atoms with Crippen molar-refractivity contribution in [1.29, 1.82) is 0 Å². The molecule has 0 aliphatic heterocycles. The van der Waals surface area contributed by atoms with E-state index in [4.69, 9.17) is 17.3 Å². The average Bonchev–Trinajstić information content (AvgIpc) is 2.67. The number of nitrogens with zero attached hydrogens (tertiary/aromatic N) is 2. The lowest BCUT2D eigenvalue weighted by Gasteiger charge is -2.30. The highest BCUT2D eigenvalue weighted by Gasteiger charge is 2.32. The van der Waals surface area contributed by atoms with Crippen LogP contribution in [-0.4, -0.2) is 34.8 Å². The lowest BCUT2D eigenvalue weighted by atomic mass is 10.0. The van der Waals surface area contributed by atoms with E-state index in [1.165, 1.54) is 0 Å². The van der Waals surface area contributed by atoms with Gasteiger partial charge in [-0.1, -0.05) is 35.9 Å². The van der Waals surface area contributed by atoms with E-state index in [1.807, 2.05) is 27.7 Å². The molecular formula is C23H25ClF3N3O. The first-order chi connectivity index (χ1) is 14.4. The molecule has 0 atom stereocenters. The first-order valence-corrected chi connectivity index (χ1v) is 10.1. The van der Waals surface area contributed by atoms with Crippen LogP contribution in [0, 0.1) is 0 Å². The van der Waals surface area contributed by atoms with Crippen molar-refractivity contribution in [2.75, 3.05) is 0 Å². The van der Waals surface area contributed by atoms with Gasteiger partial charge in [-0.3, -0.25) is 4.79 Å². The fourth-order valence-electron chi connectivity index (χ4n) is 3.08. The zero-order valence-electron chi connectivity index (χ0n) is 17.7. The Morgan fingerprint density at radius 2 is 1.52 bits per heavy atom. The molecule has 0 radical (unpaired) electrons. The monoisotopic (exact) mass is 451 g/mol. The molecule has 0 aliphatic rings. The van der Waals surface area contributed by atoms with Gasteiger partial charge in [0.1, 0.15) is 5.70 Å². The lowest BCUT2D eigenvalue weighted by Crippen LogP contribution is -2.42. The van der Waals surface area contributed by atoms with Gasteiger partial charge in [0.2, 0.25) is 0 Å². The van der Waals surface area contributed by atoms with Crippen molar-refractivity contribution in [3.8, 4) is 0 Å². The third kappa shape index (κ3) is 6.34. The minimum Gasteiger partial charge on any atom is -0.395 e. The molecule has 4 nitrogen and oxygen atoms in total. The lowest BCUT2D eigenvalue weighted by molar-refractivity contribution is -0.0925. The summed E-state index contributed by atoms with van der Waals surface area (Å²) in [6.45, 7) is 7.69. The molecule has 0 fully saturated rings. The van der Waals surface area contributed by atoms with E-state index in [9.17, 15) is 18.0 Å². The molecule has 31 heavy (non-hydrogen) atoms. The Bertz CT molecular complexity index is 972. The number of alkyl halides is 3. The van der Waals surface area contributed by atoms with Gasteiger partial charge in [0, 0.05) is 23.2 Å². The van der Waals surface area contributed by atoms with Crippen LogP contribution in [0.25, 0.3) is 0 Å². The van der Waals surface area contributed by atoms with Gasteiger partial charge in [0.15, 0.2) is 0 Å². The van der Waals surface area contributed by atoms with E-state index >= 15 is 0 Å². The first kappa shape index (κ1) is 24.5. The summed E-state index contributed by atoms with van der Waals surface area (Å²) < 4.78 is 39.1. The highest BCUT2D eigenvalue weighted by atomic mass is 35.5. The number of aliphatic imine (C=N–C) groups is 1. The van der Waals surface area contributed by atoms with Crippen molar-refractivity contribution in [3.05, 3.63) is 76.5 Å². The quantitative estimate of drug-likeness (QED) is 0.537.